The van der Waals surface area contributed by atoms with Crippen LogP contribution >= 0.6 is 22.6 Å². The molecule has 3 heteroatoms. The lowest BCUT2D eigenvalue weighted by atomic mass is 9.97. The van der Waals surface area contributed by atoms with E-state index in [1.165, 1.54) is 50.5 Å². The summed E-state index contributed by atoms with van der Waals surface area (Å²) in [6.45, 7) is 13.0. The first-order valence-corrected chi connectivity index (χ1v) is 14.6. The summed E-state index contributed by atoms with van der Waals surface area (Å²) in [5.41, 5.74) is 3.10. The van der Waals surface area contributed by atoms with Crippen molar-refractivity contribution in [1.82, 2.24) is 5.32 Å². The number of rotatable bonds is 12. The fourth-order valence-corrected chi connectivity index (χ4v) is 5.09. The Balaban J connectivity index is 2.91. The van der Waals surface area contributed by atoms with Gasteiger partial charge in [0.25, 0.3) is 0 Å². The highest BCUT2D eigenvalue weighted by atomic mass is 127. The van der Waals surface area contributed by atoms with Gasteiger partial charge in [0, 0.05) is 12.6 Å². The van der Waals surface area contributed by atoms with Crippen molar-refractivity contribution in [1.29, 1.82) is 0 Å². The first-order valence-electron chi connectivity index (χ1n) is 10.1. The molecule has 1 N–H and O–H groups in total. The zero-order chi connectivity index (χ0) is 18.7. The summed E-state index contributed by atoms with van der Waals surface area (Å²) >= 11 is 2.68. The summed E-state index contributed by atoms with van der Waals surface area (Å²) < 4.78 is 1.70. The highest BCUT2D eigenvalue weighted by molar-refractivity contribution is 14.1. The highest BCUT2D eigenvalue weighted by Gasteiger charge is 2.25. The molecule has 0 aliphatic carbocycles. The fraction of sp³-hybridized carbons (Fsp3) is 0.636. The molecular weight excluding hydrogens is 433 g/mol. The molecule has 0 heterocycles. The maximum atomic E-state index is 3.89. The van der Waals surface area contributed by atoms with Crippen molar-refractivity contribution in [2.75, 3.05) is 0 Å². The maximum Gasteiger partial charge on any atom is 0.0854 e. The molecule has 142 valence electrons. The first kappa shape index (κ1) is 22.9. The van der Waals surface area contributed by atoms with Gasteiger partial charge in [0.1, 0.15) is 0 Å². The molecule has 1 rings (SSSR count). The van der Waals surface area contributed by atoms with Crippen molar-refractivity contribution >= 4 is 30.7 Å². The lowest BCUT2D eigenvalue weighted by Crippen LogP contribution is -2.34. The number of hydrogen-bond acceptors (Lipinski definition) is 1. The summed E-state index contributed by atoms with van der Waals surface area (Å²) in [5.74, 6) is 0. The molecule has 1 unspecified atom stereocenters. The normalized spacial score (nSPS) is 14.3. The van der Waals surface area contributed by atoms with E-state index >= 15 is 0 Å². The summed E-state index contributed by atoms with van der Waals surface area (Å²) in [6.07, 6.45) is 9.14. The third-order valence-electron chi connectivity index (χ3n) is 4.63. The fourth-order valence-electron chi connectivity index (χ4n) is 3.19. The van der Waals surface area contributed by atoms with E-state index in [-0.39, 0.29) is 0 Å². The van der Waals surface area contributed by atoms with Crippen molar-refractivity contribution < 1.29 is 0 Å². The van der Waals surface area contributed by atoms with Crippen LogP contribution in [0, 0.1) is 0 Å². The Kier molecular flexibility index (Phi) is 11.3. The van der Waals surface area contributed by atoms with Gasteiger partial charge in [0.05, 0.1) is 8.07 Å². The molecule has 0 amide bonds. The quantitative estimate of drug-likeness (QED) is 0.189. The van der Waals surface area contributed by atoms with Crippen LogP contribution in [0.25, 0.3) is 0 Å². The van der Waals surface area contributed by atoms with Crippen LogP contribution in [-0.4, -0.2) is 14.1 Å². The molecule has 0 aromatic heterocycles. The zero-order valence-corrected chi connectivity index (χ0v) is 20.2. The zero-order valence-electron chi connectivity index (χ0n) is 17.0. The van der Waals surface area contributed by atoms with Gasteiger partial charge < -0.3 is 5.32 Å². The smallest absolute Gasteiger partial charge is 0.0854 e. The molecule has 0 radical (unpaired) electrons. The van der Waals surface area contributed by atoms with Gasteiger partial charge >= 0.3 is 0 Å². The van der Waals surface area contributed by atoms with Gasteiger partial charge in [-0.05, 0) is 33.6 Å². The average molecular weight is 472 g/mol. The van der Waals surface area contributed by atoms with E-state index in [0.717, 1.165) is 6.54 Å². The third kappa shape index (κ3) is 8.87. The van der Waals surface area contributed by atoms with E-state index in [1.807, 2.05) is 0 Å². The SMILES string of the molecule is CCCCCCC(=C(I)[Si](C)(C)C)C(CCC)NCc1ccccc1. The van der Waals surface area contributed by atoms with Crippen LogP contribution in [-0.2, 0) is 6.54 Å². The lowest BCUT2D eigenvalue weighted by Gasteiger charge is -2.28. The molecule has 0 aliphatic rings. The summed E-state index contributed by atoms with van der Waals surface area (Å²) in [7, 11) is -1.27. The Morgan fingerprint density at radius 2 is 1.68 bits per heavy atom. The topological polar surface area (TPSA) is 12.0 Å². The molecule has 0 saturated heterocycles. The van der Waals surface area contributed by atoms with E-state index < -0.39 is 8.07 Å². The summed E-state index contributed by atoms with van der Waals surface area (Å²) in [6, 6.07) is 11.4. The van der Waals surface area contributed by atoms with Crippen LogP contribution < -0.4 is 5.32 Å². The predicted octanol–water partition coefficient (Wildman–Crippen LogP) is 7.48. The molecule has 0 aliphatic heterocycles. The van der Waals surface area contributed by atoms with Gasteiger partial charge in [-0.25, -0.2) is 0 Å². The van der Waals surface area contributed by atoms with E-state index in [9.17, 15) is 0 Å². The van der Waals surface area contributed by atoms with Crippen molar-refractivity contribution in [3.63, 3.8) is 0 Å². The third-order valence-corrected chi connectivity index (χ3v) is 11.8. The largest absolute Gasteiger partial charge is 0.306 e. The monoisotopic (exact) mass is 471 g/mol. The number of halogens is 1. The molecule has 0 saturated carbocycles. The van der Waals surface area contributed by atoms with Crippen molar-refractivity contribution in [3.8, 4) is 0 Å². The van der Waals surface area contributed by atoms with Crippen LogP contribution in [0.3, 0.4) is 0 Å². The number of unbranched alkanes of at least 4 members (excludes halogenated alkanes) is 3. The van der Waals surface area contributed by atoms with Gasteiger partial charge in [-0.1, -0.05) is 112 Å². The van der Waals surface area contributed by atoms with Gasteiger partial charge in [0.2, 0.25) is 0 Å². The van der Waals surface area contributed by atoms with Crippen molar-refractivity contribution in [3.05, 3.63) is 44.7 Å². The second kappa shape index (κ2) is 12.3. The number of nitrogens with one attached hydrogen (secondary N) is 1. The van der Waals surface area contributed by atoms with Crippen LogP contribution in [0.4, 0.5) is 0 Å². The summed E-state index contributed by atoms with van der Waals surface area (Å²) in [4.78, 5) is 0. The molecule has 0 fully saturated rings. The predicted molar refractivity (Wildman–Crippen MR) is 125 cm³/mol. The molecule has 0 spiro atoms. The van der Waals surface area contributed by atoms with Gasteiger partial charge in [-0.2, -0.15) is 0 Å². The Hall–Kier alpha value is -0.133. The standard InChI is InChI=1S/C22H38INSi/c1-6-8-9-13-17-20(22(23)25(3,4)5)21(14-7-2)24-18-19-15-11-10-12-16-19/h10-12,15-16,21,24H,6-9,13-14,17-18H2,1-5H3. The minimum Gasteiger partial charge on any atom is -0.306 e. The first-order chi connectivity index (χ1) is 11.9. The molecule has 25 heavy (non-hydrogen) atoms. The molecule has 1 aromatic rings. The average Bonchev–Trinajstić information content (AvgIpc) is 2.59. The maximum absolute atomic E-state index is 3.89. The molecular formula is C22H38INSi. The number of hydrogen-bond donors (Lipinski definition) is 1. The number of benzene rings is 1. The molecule has 1 nitrogen and oxygen atoms in total. The van der Waals surface area contributed by atoms with Gasteiger partial charge in [0.15, 0.2) is 0 Å². The van der Waals surface area contributed by atoms with Crippen LogP contribution in [0.15, 0.2) is 39.1 Å². The van der Waals surface area contributed by atoms with Crippen LogP contribution in [0.2, 0.25) is 19.6 Å². The Bertz CT molecular complexity index is 505. The van der Waals surface area contributed by atoms with Gasteiger partial charge in [-0.3, -0.25) is 0 Å². The molecule has 0 bridgehead atoms. The summed E-state index contributed by atoms with van der Waals surface area (Å²) in [5, 5.41) is 3.89. The molecule has 1 aromatic carbocycles. The minimum atomic E-state index is -1.27. The Morgan fingerprint density at radius 1 is 1.00 bits per heavy atom. The van der Waals surface area contributed by atoms with E-state index in [2.05, 4.69) is 91.7 Å². The van der Waals surface area contributed by atoms with E-state index in [4.69, 9.17) is 0 Å². The highest BCUT2D eigenvalue weighted by Crippen LogP contribution is 2.31. The minimum absolute atomic E-state index is 0.533. The second-order valence-electron chi connectivity index (χ2n) is 8.11. The Labute approximate surface area is 171 Å². The van der Waals surface area contributed by atoms with Gasteiger partial charge in [-0.15, -0.1) is 0 Å². The lowest BCUT2D eigenvalue weighted by molar-refractivity contribution is 0.506. The van der Waals surface area contributed by atoms with Crippen molar-refractivity contribution in [2.45, 2.75) is 91.0 Å². The second-order valence-corrected chi connectivity index (χ2v) is 15.2. The molecule has 1 atom stereocenters. The van der Waals surface area contributed by atoms with Crippen LogP contribution in [0.1, 0.15) is 64.4 Å². The van der Waals surface area contributed by atoms with Crippen molar-refractivity contribution in [2.24, 2.45) is 0 Å². The van der Waals surface area contributed by atoms with E-state index in [1.54, 1.807) is 8.78 Å². The Morgan fingerprint density at radius 3 is 2.24 bits per heavy atom. The van der Waals surface area contributed by atoms with Crippen LogP contribution in [0.5, 0.6) is 0 Å². The van der Waals surface area contributed by atoms with E-state index in [0.29, 0.717) is 6.04 Å².